The highest BCUT2D eigenvalue weighted by molar-refractivity contribution is 6.30. The number of carbonyl (C=O) groups excluding carboxylic acids is 1. The Balaban J connectivity index is 1.55. The topological polar surface area (TPSA) is 91.1 Å². The third-order valence-electron chi connectivity index (χ3n) is 4.07. The first-order chi connectivity index (χ1) is 12.7. The SMILES string of the molecule is N#Cc1nccnc1O[C@@H]1CCCN(C(=O)NCc2ccc(Cl)cc2)C1. The molecule has 0 unspecified atom stereocenters. The minimum Gasteiger partial charge on any atom is -0.470 e. The molecule has 0 bridgehead atoms. The summed E-state index contributed by atoms with van der Waals surface area (Å²) in [4.78, 5) is 22.1. The summed E-state index contributed by atoms with van der Waals surface area (Å²) in [7, 11) is 0. The second kappa shape index (κ2) is 8.50. The zero-order valence-corrected chi connectivity index (χ0v) is 14.8. The number of nitrogens with one attached hydrogen (secondary N) is 1. The van der Waals surface area contributed by atoms with Crippen LogP contribution in [0, 0.1) is 11.3 Å². The summed E-state index contributed by atoms with van der Waals surface area (Å²) >= 11 is 5.86. The van der Waals surface area contributed by atoms with Crippen LogP contribution in [-0.4, -0.2) is 40.1 Å². The number of halogens is 1. The van der Waals surface area contributed by atoms with Gasteiger partial charge in [-0.3, -0.25) is 0 Å². The van der Waals surface area contributed by atoms with Gasteiger partial charge in [0.2, 0.25) is 5.69 Å². The first kappa shape index (κ1) is 18.0. The average molecular weight is 372 g/mol. The van der Waals surface area contributed by atoms with Gasteiger partial charge in [-0.05, 0) is 30.5 Å². The van der Waals surface area contributed by atoms with Gasteiger partial charge in [0.25, 0.3) is 5.88 Å². The van der Waals surface area contributed by atoms with Crippen molar-refractivity contribution in [3.63, 3.8) is 0 Å². The highest BCUT2D eigenvalue weighted by Gasteiger charge is 2.26. The van der Waals surface area contributed by atoms with Gasteiger partial charge in [0, 0.05) is 30.5 Å². The van der Waals surface area contributed by atoms with Crippen molar-refractivity contribution in [2.24, 2.45) is 0 Å². The van der Waals surface area contributed by atoms with E-state index in [2.05, 4.69) is 15.3 Å². The molecule has 3 rings (SSSR count). The zero-order chi connectivity index (χ0) is 18.4. The van der Waals surface area contributed by atoms with Gasteiger partial charge in [-0.1, -0.05) is 23.7 Å². The molecular weight excluding hydrogens is 354 g/mol. The van der Waals surface area contributed by atoms with Gasteiger partial charge in [-0.15, -0.1) is 0 Å². The van der Waals surface area contributed by atoms with Crippen LogP contribution in [0.15, 0.2) is 36.7 Å². The molecule has 0 spiro atoms. The Morgan fingerprint density at radius 2 is 2.12 bits per heavy atom. The Labute approximate surface area is 156 Å². The van der Waals surface area contributed by atoms with Crippen LogP contribution in [-0.2, 0) is 6.54 Å². The number of hydrogen-bond acceptors (Lipinski definition) is 5. The molecule has 1 aromatic carbocycles. The third-order valence-corrected chi connectivity index (χ3v) is 4.32. The van der Waals surface area contributed by atoms with Crippen molar-refractivity contribution in [2.45, 2.75) is 25.5 Å². The van der Waals surface area contributed by atoms with E-state index < -0.39 is 0 Å². The summed E-state index contributed by atoms with van der Waals surface area (Å²) in [6.07, 6.45) is 4.33. The molecule has 1 aliphatic rings. The maximum absolute atomic E-state index is 12.4. The van der Waals surface area contributed by atoms with Crippen LogP contribution in [0.2, 0.25) is 5.02 Å². The predicted octanol–water partition coefficient (Wildman–Crippen LogP) is 2.75. The zero-order valence-electron chi connectivity index (χ0n) is 14.1. The highest BCUT2D eigenvalue weighted by atomic mass is 35.5. The average Bonchev–Trinajstić information content (AvgIpc) is 2.68. The quantitative estimate of drug-likeness (QED) is 0.892. The molecule has 1 aromatic heterocycles. The van der Waals surface area contributed by atoms with E-state index in [-0.39, 0.29) is 23.7 Å². The number of benzene rings is 1. The van der Waals surface area contributed by atoms with Gasteiger partial charge in [-0.25, -0.2) is 14.8 Å². The lowest BCUT2D eigenvalue weighted by molar-refractivity contribution is 0.0971. The van der Waals surface area contributed by atoms with Crippen molar-refractivity contribution in [3.05, 3.63) is 52.9 Å². The fraction of sp³-hybridized carbons (Fsp3) is 0.333. The molecule has 2 amide bonds. The monoisotopic (exact) mass is 371 g/mol. The van der Waals surface area contributed by atoms with Crippen molar-refractivity contribution in [1.82, 2.24) is 20.2 Å². The number of urea groups is 1. The number of piperidine rings is 1. The summed E-state index contributed by atoms with van der Waals surface area (Å²) in [6, 6.07) is 9.16. The Morgan fingerprint density at radius 1 is 1.35 bits per heavy atom. The van der Waals surface area contributed by atoms with E-state index in [1.54, 1.807) is 17.0 Å². The molecule has 1 atom stereocenters. The number of nitrogens with zero attached hydrogens (tertiary/aromatic N) is 4. The lowest BCUT2D eigenvalue weighted by Crippen LogP contribution is -2.48. The number of hydrogen-bond donors (Lipinski definition) is 1. The molecular formula is C18H18ClN5O2. The van der Waals surface area contributed by atoms with Gasteiger partial charge >= 0.3 is 6.03 Å². The number of likely N-dealkylation sites (tertiary alicyclic amines) is 1. The van der Waals surface area contributed by atoms with E-state index in [1.165, 1.54) is 12.4 Å². The van der Waals surface area contributed by atoms with E-state index in [4.69, 9.17) is 21.6 Å². The fourth-order valence-electron chi connectivity index (χ4n) is 2.76. The van der Waals surface area contributed by atoms with E-state index in [0.29, 0.717) is 24.7 Å². The molecule has 2 heterocycles. The number of carbonyl (C=O) groups is 1. The number of rotatable bonds is 4. The van der Waals surface area contributed by atoms with Crippen molar-refractivity contribution in [1.29, 1.82) is 5.26 Å². The Kier molecular flexibility index (Phi) is 5.87. The number of ether oxygens (including phenoxy) is 1. The smallest absolute Gasteiger partial charge is 0.317 e. The standard InChI is InChI=1S/C18H18ClN5O2/c19-14-5-3-13(4-6-14)11-23-18(25)24-9-1-2-15(12-24)26-17-16(10-20)21-7-8-22-17/h3-8,15H,1-2,9,11-12H2,(H,23,25)/t15-/m1/s1. The molecule has 26 heavy (non-hydrogen) atoms. The van der Waals surface area contributed by atoms with Gasteiger partial charge in [0.15, 0.2) is 0 Å². The van der Waals surface area contributed by atoms with Crippen molar-refractivity contribution in [3.8, 4) is 11.9 Å². The van der Waals surface area contributed by atoms with Crippen molar-refractivity contribution >= 4 is 17.6 Å². The van der Waals surface area contributed by atoms with Crippen LogP contribution in [0.5, 0.6) is 5.88 Å². The van der Waals surface area contributed by atoms with E-state index in [9.17, 15) is 4.79 Å². The molecule has 7 nitrogen and oxygen atoms in total. The molecule has 134 valence electrons. The Bertz CT molecular complexity index is 806. The third kappa shape index (κ3) is 4.61. The number of aromatic nitrogens is 2. The van der Waals surface area contributed by atoms with Crippen LogP contribution >= 0.6 is 11.6 Å². The Hall–Kier alpha value is -2.85. The van der Waals surface area contributed by atoms with Crippen molar-refractivity contribution < 1.29 is 9.53 Å². The second-order valence-electron chi connectivity index (χ2n) is 5.94. The molecule has 8 heteroatoms. The summed E-state index contributed by atoms with van der Waals surface area (Å²) in [5, 5.41) is 12.6. The number of nitriles is 1. The summed E-state index contributed by atoms with van der Waals surface area (Å²) in [5.74, 6) is 0.212. The molecule has 1 N–H and O–H groups in total. The Morgan fingerprint density at radius 3 is 2.88 bits per heavy atom. The van der Waals surface area contributed by atoms with Crippen LogP contribution < -0.4 is 10.1 Å². The van der Waals surface area contributed by atoms with Gasteiger partial charge in [0.05, 0.1) is 6.54 Å². The van der Waals surface area contributed by atoms with Crippen LogP contribution in [0.3, 0.4) is 0 Å². The maximum Gasteiger partial charge on any atom is 0.317 e. The molecule has 0 saturated carbocycles. The first-order valence-electron chi connectivity index (χ1n) is 8.30. The maximum atomic E-state index is 12.4. The molecule has 1 fully saturated rings. The van der Waals surface area contributed by atoms with Gasteiger partial charge in [-0.2, -0.15) is 5.26 Å². The number of amides is 2. The normalized spacial score (nSPS) is 16.6. The van der Waals surface area contributed by atoms with E-state index in [0.717, 1.165) is 18.4 Å². The van der Waals surface area contributed by atoms with Crippen LogP contribution in [0.1, 0.15) is 24.1 Å². The van der Waals surface area contributed by atoms with Gasteiger partial charge < -0.3 is 15.0 Å². The fourth-order valence-corrected chi connectivity index (χ4v) is 2.88. The lowest BCUT2D eigenvalue weighted by atomic mass is 10.1. The van der Waals surface area contributed by atoms with Gasteiger partial charge in [0.1, 0.15) is 12.2 Å². The summed E-state index contributed by atoms with van der Waals surface area (Å²) in [6.45, 7) is 1.53. The summed E-state index contributed by atoms with van der Waals surface area (Å²) in [5.41, 5.74) is 1.13. The van der Waals surface area contributed by atoms with E-state index >= 15 is 0 Å². The molecule has 0 aliphatic carbocycles. The molecule has 1 saturated heterocycles. The largest absolute Gasteiger partial charge is 0.470 e. The lowest BCUT2D eigenvalue weighted by Gasteiger charge is -2.32. The van der Waals surface area contributed by atoms with E-state index in [1.807, 2.05) is 18.2 Å². The minimum absolute atomic E-state index is 0.145. The summed E-state index contributed by atoms with van der Waals surface area (Å²) < 4.78 is 5.80. The predicted molar refractivity (Wildman–Crippen MR) is 95.7 cm³/mol. The second-order valence-corrected chi connectivity index (χ2v) is 6.37. The van der Waals surface area contributed by atoms with Crippen LogP contribution in [0.25, 0.3) is 0 Å². The first-order valence-corrected chi connectivity index (χ1v) is 8.68. The molecule has 2 aromatic rings. The van der Waals surface area contributed by atoms with Crippen molar-refractivity contribution in [2.75, 3.05) is 13.1 Å². The molecule has 1 aliphatic heterocycles. The minimum atomic E-state index is -0.214. The highest BCUT2D eigenvalue weighted by Crippen LogP contribution is 2.18. The molecule has 0 radical (unpaired) electrons. The van der Waals surface area contributed by atoms with Crippen LogP contribution in [0.4, 0.5) is 4.79 Å².